The SMILES string of the molecule is COc1ccc2ncc(Cl)c([C@@H]3CCC4(CCN(CCSc5cc(F)ccc5F)CC4)C(=O)O3)c2c1. The van der Waals surface area contributed by atoms with Gasteiger partial charge in [0.25, 0.3) is 0 Å². The van der Waals surface area contributed by atoms with E-state index in [1.807, 2.05) is 18.2 Å². The van der Waals surface area contributed by atoms with Gasteiger partial charge in [-0.3, -0.25) is 9.78 Å². The highest BCUT2D eigenvalue weighted by molar-refractivity contribution is 7.99. The summed E-state index contributed by atoms with van der Waals surface area (Å²) in [5.41, 5.74) is 1.07. The average molecular weight is 533 g/mol. The van der Waals surface area contributed by atoms with Crippen LogP contribution in [0, 0.1) is 17.0 Å². The van der Waals surface area contributed by atoms with Crippen LogP contribution in [0.4, 0.5) is 8.78 Å². The number of fused-ring (bicyclic) bond motifs is 1. The molecule has 3 heterocycles. The molecule has 190 valence electrons. The molecule has 0 amide bonds. The van der Waals surface area contributed by atoms with E-state index < -0.39 is 23.2 Å². The van der Waals surface area contributed by atoms with Crippen LogP contribution in [-0.2, 0) is 9.53 Å². The van der Waals surface area contributed by atoms with Crippen LogP contribution in [0.2, 0.25) is 5.02 Å². The summed E-state index contributed by atoms with van der Waals surface area (Å²) in [5.74, 6) is 0.333. The highest BCUT2D eigenvalue weighted by atomic mass is 35.5. The van der Waals surface area contributed by atoms with E-state index in [2.05, 4.69) is 9.88 Å². The molecular weight excluding hydrogens is 506 g/mol. The third kappa shape index (κ3) is 5.04. The van der Waals surface area contributed by atoms with Gasteiger partial charge >= 0.3 is 5.97 Å². The highest BCUT2D eigenvalue weighted by Crippen LogP contribution is 2.47. The van der Waals surface area contributed by atoms with E-state index in [-0.39, 0.29) is 5.97 Å². The molecule has 0 bridgehead atoms. The van der Waals surface area contributed by atoms with E-state index in [0.29, 0.717) is 27.8 Å². The van der Waals surface area contributed by atoms with Crippen molar-refractivity contribution in [3.05, 3.63) is 64.8 Å². The largest absolute Gasteiger partial charge is 0.497 e. The lowest BCUT2D eigenvalue weighted by molar-refractivity contribution is -0.174. The number of hydrogen-bond acceptors (Lipinski definition) is 6. The Bertz CT molecular complexity index is 1280. The summed E-state index contributed by atoms with van der Waals surface area (Å²) < 4.78 is 38.6. The number of benzene rings is 2. The van der Waals surface area contributed by atoms with Gasteiger partial charge in [0, 0.05) is 34.3 Å². The van der Waals surface area contributed by atoms with Gasteiger partial charge in [0.2, 0.25) is 0 Å². The highest BCUT2D eigenvalue weighted by Gasteiger charge is 2.47. The quantitative estimate of drug-likeness (QED) is 0.269. The number of likely N-dealkylation sites (tertiary alicyclic amines) is 1. The van der Waals surface area contributed by atoms with Crippen molar-refractivity contribution >= 4 is 40.2 Å². The molecular formula is C27H27ClF2N2O3S. The zero-order chi connectivity index (χ0) is 25.3. The first-order valence-electron chi connectivity index (χ1n) is 12.0. The van der Waals surface area contributed by atoms with Crippen LogP contribution in [0.15, 0.2) is 47.5 Å². The number of nitrogens with zero attached hydrogens (tertiary/aromatic N) is 2. The Morgan fingerprint density at radius 1 is 1.19 bits per heavy atom. The lowest BCUT2D eigenvalue weighted by Crippen LogP contribution is -2.48. The number of ether oxygens (including phenoxy) is 2. The molecule has 9 heteroatoms. The molecule has 5 nitrogen and oxygen atoms in total. The number of carbonyl (C=O) groups excluding carboxylic acids is 1. The van der Waals surface area contributed by atoms with Crippen molar-refractivity contribution in [2.24, 2.45) is 5.41 Å². The third-order valence-electron chi connectivity index (χ3n) is 7.33. The number of thioether (sulfide) groups is 1. The van der Waals surface area contributed by atoms with Crippen molar-refractivity contribution in [2.75, 3.05) is 32.5 Å². The molecule has 1 aromatic heterocycles. The van der Waals surface area contributed by atoms with Crippen LogP contribution < -0.4 is 4.74 Å². The van der Waals surface area contributed by atoms with Crippen LogP contribution in [0.3, 0.4) is 0 Å². The number of aromatic nitrogens is 1. The van der Waals surface area contributed by atoms with E-state index >= 15 is 0 Å². The van der Waals surface area contributed by atoms with E-state index in [0.717, 1.165) is 67.5 Å². The van der Waals surface area contributed by atoms with Crippen molar-refractivity contribution in [3.63, 3.8) is 0 Å². The summed E-state index contributed by atoms with van der Waals surface area (Å²) in [6.45, 7) is 2.28. The molecule has 2 aliphatic rings. The topological polar surface area (TPSA) is 51.7 Å². The molecule has 2 aromatic carbocycles. The van der Waals surface area contributed by atoms with E-state index in [1.165, 1.54) is 17.8 Å². The van der Waals surface area contributed by atoms with Gasteiger partial charge < -0.3 is 14.4 Å². The average Bonchev–Trinajstić information content (AvgIpc) is 2.88. The Kier molecular flexibility index (Phi) is 7.37. The minimum absolute atomic E-state index is 0.168. The van der Waals surface area contributed by atoms with Gasteiger partial charge in [0.05, 0.1) is 23.1 Å². The van der Waals surface area contributed by atoms with E-state index in [4.69, 9.17) is 21.1 Å². The fraction of sp³-hybridized carbons (Fsp3) is 0.407. The molecule has 0 unspecified atom stereocenters. The molecule has 0 aliphatic carbocycles. The molecule has 1 spiro atoms. The number of pyridine rings is 1. The molecule has 5 rings (SSSR count). The van der Waals surface area contributed by atoms with E-state index in [1.54, 1.807) is 13.3 Å². The van der Waals surface area contributed by atoms with Crippen LogP contribution >= 0.6 is 23.4 Å². The first-order valence-corrected chi connectivity index (χ1v) is 13.4. The van der Waals surface area contributed by atoms with E-state index in [9.17, 15) is 13.6 Å². The molecule has 0 N–H and O–H groups in total. The Balaban J connectivity index is 1.20. The predicted molar refractivity (Wildman–Crippen MR) is 137 cm³/mol. The van der Waals surface area contributed by atoms with Crippen molar-refractivity contribution < 1.29 is 23.0 Å². The van der Waals surface area contributed by atoms with Crippen LogP contribution in [0.25, 0.3) is 10.9 Å². The van der Waals surface area contributed by atoms with Gasteiger partial charge in [-0.1, -0.05) is 11.6 Å². The Morgan fingerprint density at radius 2 is 2.00 bits per heavy atom. The van der Waals surface area contributed by atoms with Gasteiger partial charge in [-0.05, 0) is 75.2 Å². The maximum Gasteiger partial charge on any atom is 0.312 e. The molecule has 36 heavy (non-hydrogen) atoms. The van der Waals surface area contributed by atoms with Crippen LogP contribution in [-0.4, -0.2) is 48.4 Å². The molecule has 2 aliphatic heterocycles. The smallest absolute Gasteiger partial charge is 0.312 e. The first-order chi connectivity index (χ1) is 17.4. The molecule has 3 aromatic rings. The Hall–Kier alpha value is -2.42. The third-order valence-corrected chi connectivity index (χ3v) is 8.64. The minimum Gasteiger partial charge on any atom is -0.497 e. The first kappa shape index (κ1) is 25.2. The Labute approximate surface area is 218 Å². The number of hydrogen-bond donors (Lipinski definition) is 0. The molecule has 0 saturated carbocycles. The van der Waals surface area contributed by atoms with Gasteiger partial charge in [-0.2, -0.15) is 0 Å². The second-order valence-corrected chi connectivity index (χ2v) is 10.9. The summed E-state index contributed by atoms with van der Waals surface area (Å²) in [7, 11) is 1.61. The second-order valence-electron chi connectivity index (χ2n) is 9.38. The zero-order valence-electron chi connectivity index (χ0n) is 19.9. The standard InChI is InChI=1S/C27H27ClF2N2O3S/c1-34-18-3-5-22-19(15-18)25(20(28)16-31-22)23-6-7-27(26(33)35-23)8-10-32(11-9-27)12-13-36-24-14-17(29)2-4-21(24)30/h2-5,14-16,23H,6-13H2,1H3/t23-/m0/s1. The minimum atomic E-state index is -0.484. The number of halogens is 3. The summed E-state index contributed by atoms with van der Waals surface area (Å²) in [4.78, 5) is 20.3. The monoisotopic (exact) mass is 532 g/mol. The molecule has 2 fully saturated rings. The molecule has 1 atom stereocenters. The van der Waals surface area contributed by atoms with Gasteiger partial charge in [-0.25, -0.2) is 8.78 Å². The number of rotatable bonds is 6. The van der Waals surface area contributed by atoms with Crippen LogP contribution in [0.1, 0.15) is 37.4 Å². The van der Waals surface area contributed by atoms with Gasteiger partial charge in [-0.15, -0.1) is 11.8 Å². The van der Waals surface area contributed by atoms with Gasteiger partial charge in [0.15, 0.2) is 0 Å². The molecule has 2 saturated heterocycles. The normalized spacial score (nSPS) is 20.0. The summed E-state index contributed by atoms with van der Waals surface area (Å²) in [6, 6.07) is 9.11. The van der Waals surface area contributed by atoms with Crippen molar-refractivity contribution in [3.8, 4) is 5.75 Å². The number of methoxy groups -OCH3 is 1. The maximum atomic E-state index is 13.8. The second kappa shape index (κ2) is 10.5. The van der Waals surface area contributed by atoms with Crippen molar-refractivity contribution in [2.45, 2.75) is 36.7 Å². The summed E-state index contributed by atoms with van der Waals surface area (Å²) in [5, 5.41) is 1.31. The lowest BCUT2D eigenvalue weighted by atomic mass is 9.72. The van der Waals surface area contributed by atoms with Crippen LogP contribution in [0.5, 0.6) is 5.75 Å². The fourth-order valence-corrected chi connectivity index (χ4v) is 6.42. The molecule has 0 radical (unpaired) electrons. The predicted octanol–water partition coefficient (Wildman–Crippen LogP) is 6.43. The lowest BCUT2D eigenvalue weighted by Gasteiger charge is -2.44. The number of carbonyl (C=O) groups is 1. The Morgan fingerprint density at radius 3 is 2.75 bits per heavy atom. The van der Waals surface area contributed by atoms with Crippen molar-refractivity contribution in [1.82, 2.24) is 9.88 Å². The fourth-order valence-electron chi connectivity index (χ4n) is 5.18. The summed E-state index contributed by atoms with van der Waals surface area (Å²) in [6.07, 6.45) is 4.04. The van der Waals surface area contributed by atoms with Gasteiger partial charge in [0.1, 0.15) is 23.5 Å². The number of esters is 1. The zero-order valence-corrected chi connectivity index (χ0v) is 21.5. The maximum absolute atomic E-state index is 13.8. The number of piperidine rings is 1. The number of cyclic esters (lactones) is 1. The summed E-state index contributed by atoms with van der Waals surface area (Å²) >= 11 is 7.85. The van der Waals surface area contributed by atoms with Crippen molar-refractivity contribution in [1.29, 1.82) is 0 Å².